The molecule has 3 heterocycles. The largest absolute Gasteiger partial charge is 0.396 e. The van der Waals surface area contributed by atoms with E-state index in [1.807, 2.05) is 0 Å². The third-order valence-corrected chi connectivity index (χ3v) is 5.10. The van der Waals surface area contributed by atoms with E-state index >= 15 is 0 Å². The van der Waals surface area contributed by atoms with Gasteiger partial charge in [-0.3, -0.25) is 0 Å². The highest BCUT2D eigenvalue weighted by Gasteiger charge is 2.25. The molecule has 3 aromatic rings. The SMILES string of the molecule is Cn1cnc([N+](=O)[O-])c1Sc1nnc(-c2ncc([N+](=O)[O-])n2C)s1. The second-order valence-electron chi connectivity index (χ2n) is 4.47. The fourth-order valence-corrected chi connectivity index (χ4v) is 3.75. The quantitative estimate of drug-likeness (QED) is 0.484. The molecule has 14 heteroatoms. The van der Waals surface area contributed by atoms with Crippen LogP contribution in [0, 0.1) is 20.2 Å². The summed E-state index contributed by atoms with van der Waals surface area (Å²) in [6, 6.07) is 0. The van der Waals surface area contributed by atoms with Gasteiger partial charge in [0.1, 0.15) is 6.20 Å². The van der Waals surface area contributed by atoms with E-state index in [2.05, 4.69) is 20.2 Å². The van der Waals surface area contributed by atoms with Crippen LogP contribution in [0.5, 0.6) is 0 Å². The van der Waals surface area contributed by atoms with Gasteiger partial charge in [-0.1, -0.05) is 11.3 Å². The van der Waals surface area contributed by atoms with Crippen LogP contribution in [0.4, 0.5) is 11.6 Å². The highest BCUT2D eigenvalue weighted by molar-refractivity contribution is 8.01. The first-order chi connectivity index (χ1) is 11.4. The van der Waals surface area contributed by atoms with Crippen LogP contribution in [0.25, 0.3) is 10.8 Å². The molecule has 0 aliphatic rings. The summed E-state index contributed by atoms with van der Waals surface area (Å²) in [4.78, 5) is 28.4. The molecule has 3 rings (SSSR count). The summed E-state index contributed by atoms with van der Waals surface area (Å²) in [5.74, 6) is -0.144. The number of imidazole rings is 2. The number of hydrogen-bond acceptors (Lipinski definition) is 10. The summed E-state index contributed by atoms with van der Waals surface area (Å²) in [6.07, 6.45) is 2.47. The Labute approximate surface area is 141 Å². The lowest BCUT2D eigenvalue weighted by Crippen LogP contribution is -1.98. The van der Waals surface area contributed by atoms with Crippen molar-refractivity contribution in [1.29, 1.82) is 0 Å². The number of nitro groups is 2. The average molecular weight is 368 g/mol. The number of aryl methyl sites for hydroxylation is 1. The molecular weight excluding hydrogens is 360 g/mol. The first kappa shape index (κ1) is 16.0. The van der Waals surface area contributed by atoms with E-state index in [0.717, 1.165) is 29.3 Å². The van der Waals surface area contributed by atoms with E-state index < -0.39 is 9.85 Å². The maximum atomic E-state index is 11.0. The zero-order valence-electron chi connectivity index (χ0n) is 12.2. The van der Waals surface area contributed by atoms with E-state index in [0.29, 0.717) is 20.2 Å². The minimum absolute atomic E-state index is 0.170. The van der Waals surface area contributed by atoms with Gasteiger partial charge < -0.3 is 24.8 Å². The minimum Gasteiger partial charge on any atom is -0.358 e. The van der Waals surface area contributed by atoms with E-state index in [1.54, 1.807) is 7.05 Å². The van der Waals surface area contributed by atoms with Crippen LogP contribution in [0.15, 0.2) is 21.9 Å². The Hall–Kier alpha value is -2.87. The predicted molar refractivity (Wildman–Crippen MR) is 82.8 cm³/mol. The zero-order chi connectivity index (χ0) is 17.4. The Bertz CT molecular complexity index is 945. The molecule has 0 spiro atoms. The van der Waals surface area contributed by atoms with Crippen molar-refractivity contribution in [3.8, 4) is 10.8 Å². The van der Waals surface area contributed by atoms with Gasteiger partial charge >= 0.3 is 11.6 Å². The topological polar surface area (TPSA) is 148 Å². The van der Waals surface area contributed by atoms with Crippen molar-refractivity contribution in [1.82, 2.24) is 29.3 Å². The van der Waals surface area contributed by atoms with Gasteiger partial charge in [0.15, 0.2) is 9.37 Å². The van der Waals surface area contributed by atoms with Crippen molar-refractivity contribution < 1.29 is 9.85 Å². The molecule has 0 saturated carbocycles. The first-order valence-corrected chi connectivity index (χ1v) is 7.85. The molecule has 0 bridgehead atoms. The second kappa shape index (κ2) is 5.97. The normalized spacial score (nSPS) is 10.9. The van der Waals surface area contributed by atoms with Crippen molar-refractivity contribution >= 4 is 34.7 Å². The molecule has 3 aromatic heterocycles. The predicted octanol–water partition coefficient (Wildman–Crippen LogP) is 1.64. The highest BCUT2D eigenvalue weighted by Crippen LogP contribution is 2.37. The van der Waals surface area contributed by atoms with E-state index in [1.165, 1.54) is 22.5 Å². The Morgan fingerprint density at radius 2 is 1.92 bits per heavy atom. The lowest BCUT2D eigenvalue weighted by atomic mass is 10.6. The van der Waals surface area contributed by atoms with Gasteiger partial charge in [-0.15, -0.1) is 10.2 Å². The van der Waals surface area contributed by atoms with Gasteiger partial charge in [-0.2, -0.15) is 0 Å². The van der Waals surface area contributed by atoms with Crippen molar-refractivity contribution in [2.45, 2.75) is 9.37 Å². The third-order valence-electron chi connectivity index (χ3n) is 2.97. The number of aromatic nitrogens is 6. The van der Waals surface area contributed by atoms with Gasteiger partial charge in [0.05, 0.1) is 7.05 Å². The Morgan fingerprint density at radius 3 is 2.54 bits per heavy atom. The molecule has 0 aliphatic heterocycles. The van der Waals surface area contributed by atoms with Crippen LogP contribution in [0.3, 0.4) is 0 Å². The Morgan fingerprint density at radius 1 is 1.17 bits per heavy atom. The van der Waals surface area contributed by atoms with Crippen LogP contribution in [0.1, 0.15) is 0 Å². The summed E-state index contributed by atoms with van der Waals surface area (Å²) in [6.45, 7) is 0. The third kappa shape index (κ3) is 2.71. The summed E-state index contributed by atoms with van der Waals surface area (Å²) >= 11 is 2.17. The molecule has 0 unspecified atom stereocenters. The molecule has 0 amide bonds. The molecule has 0 aromatic carbocycles. The van der Waals surface area contributed by atoms with Crippen LogP contribution < -0.4 is 0 Å². The number of hydrogen-bond donors (Lipinski definition) is 0. The maximum absolute atomic E-state index is 11.0. The standard InChI is InChI=1S/C10H8N8O4S2/c1-15-4-12-7(18(21)22)9(15)24-10-14-13-8(23-10)6-11-3-5(16(6)2)17(19)20/h3-4H,1-2H3. The fraction of sp³-hybridized carbons (Fsp3) is 0.200. The molecule has 0 N–H and O–H groups in total. The van der Waals surface area contributed by atoms with Crippen molar-refractivity contribution in [2.75, 3.05) is 0 Å². The zero-order valence-corrected chi connectivity index (χ0v) is 13.8. The van der Waals surface area contributed by atoms with Gasteiger partial charge in [-0.25, -0.2) is 9.55 Å². The fourth-order valence-electron chi connectivity index (χ4n) is 1.84. The lowest BCUT2D eigenvalue weighted by Gasteiger charge is -1.97. The van der Waals surface area contributed by atoms with Crippen LogP contribution in [-0.2, 0) is 14.1 Å². The van der Waals surface area contributed by atoms with Gasteiger partial charge in [-0.05, 0) is 26.6 Å². The summed E-state index contributed by atoms with van der Waals surface area (Å²) in [5.41, 5.74) is 0. The molecule has 24 heavy (non-hydrogen) atoms. The van der Waals surface area contributed by atoms with Crippen LogP contribution in [0.2, 0.25) is 0 Å². The molecule has 0 fully saturated rings. The molecule has 0 aliphatic carbocycles. The lowest BCUT2D eigenvalue weighted by molar-refractivity contribution is -0.392. The molecule has 12 nitrogen and oxygen atoms in total. The van der Waals surface area contributed by atoms with Crippen LogP contribution in [-0.4, -0.2) is 39.1 Å². The maximum Gasteiger partial charge on any atom is 0.396 e. The monoisotopic (exact) mass is 368 g/mol. The van der Waals surface area contributed by atoms with Gasteiger partial charge in [0, 0.05) is 7.05 Å². The summed E-state index contributed by atoms with van der Waals surface area (Å²) < 4.78 is 3.24. The molecule has 0 radical (unpaired) electrons. The summed E-state index contributed by atoms with van der Waals surface area (Å²) in [5, 5.41) is 30.4. The molecule has 0 atom stereocenters. The minimum atomic E-state index is -0.577. The molecule has 124 valence electrons. The van der Waals surface area contributed by atoms with Crippen molar-refractivity contribution in [2.24, 2.45) is 14.1 Å². The van der Waals surface area contributed by atoms with Gasteiger partial charge in [0.25, 0.3) is 5.82 Å². The molecule has 0 saturated heterocycles. The van der Waals surface area contributed by atoms with Crippen molar-refractivity contribution in [3.63, 3.8) is 0 Å². The smallest absolute Gasteiger partial charge is 0.358 e. The number of rotatable bonds is 5. The summed E-state index contributed by atoms with van der Waals surface area (Å²) in [7, 11) is 3.13. The Balaban J connectivity index is 1.91. The van der Waals surface area contributed by atoms with E-state index in [-0.39, 0.29) is 11.6 Å². The first-order valence-electron chi connectivity index (χ1n) is 6.22. The van der Waals surface area contributed by atoms with E-state index in [4.69, 9.17) is 0 Å². The van der Waals surface area contributed by atoms with E-state index in [9.17, 15) is 20.2 Å². The van der Waals surface area contributed by atoms with Crippen molar-refractivity contribution in [3.05, 3.63) is 32.8 Å². The Kier molecular flexibility index (Phi) is 3.98. The number of nitrogens with zero attached hydrogens (tertiary/aromatic N) is 8. The van der Waals surface area contributed by atoms with Crippen LogP contribution >= 0.6 is 23.1 Å². The van der Waals surface area contributed by atoms with Gasteiger partial charge in [0.2, 0.25) is 11.3 Å². The average Bonchev–Trinajstić information content (AvgIpc) is 3.19. The second-order valence-corrected chi connectivity index (χ2v) is 6.69. The highest BCUT2D eigenvalue weighted by atomic mass is 32.2. The molecular formula is C10H8N8O4S2.